The molecule has 0 spiro atoms. The van der Waals surface area contributed by atoms with Gasteiger partial charge in [-0.05, 0) is 67.4 Å². The van der Waals surface area contributed by atoms with Gasteiger partial charge in [0.25, 0.3) is 5.91 Å². The highest BCUT2D eigenvalue weighted by Crippen LogP contribution is 2.31. The third kappa shape index (κ3) is 6.57. The Bertz CT molecular complexity index is 1460. The summed E-state index contributed by atoms with van der Waals surface area (Å²) in [5.41, 5.74) is 0.631. The number of rotatable bonds is 12. The maximum Gasteiger partial charge on any atom is 0.250 e. The van der Waals surface area contributed by atoms with Crippen LogP contribution in [-0.4, -0.2) is 70.4 Å². The van der Waals surface area contributed by atoms with Crippen LogP contribution in [0.4, 0.5) is 0 Å². The second-order valence-electron chi connectivity index (χ2n) is 9.55. The fourth-order valence-corrected chi connectivity index (χ4v) is 4.65. The van der Waals surface area contributed by atoms with Gasteiger partial charge >= 0.3 is 0 Å². The summed E-state index contributed by atoms with van der Waals surface area (Å²) < 4.78 is 27.7. The molecule has 0 bridgehead atoms. The van der Waals surface area contributed by atoms with Crippen LogP contribution in [0, 0.1) is 6.92 Å². The number of aromatic nitrogens is 4. The van der Waals surface area contributed by atoms with E-state index < -0.39 is 17.9 Å². The fraction of sp³-hybridized carbons (Fsp3) is 0.393. The Morgan fingerprint density at radius 3 is 2.71 bits per heavy atom. The fourth-order valence-electron chi connectivity index (χ4n) is 4.65. The quantitative estimate of drug-likeness (QED) is 0.272. The summed E-state index contributed by atoms with van der Waals surface area (Å²) in [6.45, 7) is 2.51. The Morgan fingerprint density at radius 1 is 1.17 bits per heavy atom. The van der Waals surface area contributed by atoms with Crippen molar-refractivity contribution in [3.05, 3.63) is 66.0 Å². The lowest BCUT2D eigenvalue weighted by Gasteiger charge is -2.29. The zero-order valence-electron chi connectivity index (χ0n) is 23.1. The first kappa shape index (κ1) is 27.9. The van der Waals surface area contributed by atoms with E-state index in [1.54, 1.807) is 56.5 Å². The molecule has 1 aromatic carbocycles. The Labute approximate surface area is 236 Å². The molecule has 13 heteroatoms. The van der Waals surface area contributed by atoms with E-state index in [-0.39, 0.29) is 19.2 Å². The predicted octanol–water partition coefficient (Wildman–Crippen LogP) is 2.92. The molecule has 41 heavy (non-hydrogen) atoms. The molecule has 4 aromatic rings. The molecule has 1 fully saturated rings. The summed E-state index contributed by atoms with van der Waals surface area (Å²) in [5, 5.41) is 15.5. The second-order valence-corrected chi connectivity index (χ2v) is 9.55. The molecule has 13 nitrogen and oxygen atoms in total. The first-order valence-electron chi connectivity index (χ1n) is 13.2. The molecular formula is C28H32N6O7. The van der Waals surface area contributed by atoms with Crippen molar-refractivity contribution in [2.75, 3.05) is 27.4 Å². The number of hydrogen-bond donors (Lipinski definition) is 1. The number of carbonyl (C=O) groups excluding carboxylic acids is 2. The number of amides is 2. The van der Waals surface area contributed by atoms with Crippen molar-refractivity contribution in [1.82, 2.24) is 30.4 Å². The molecule has 3 aromatic heterocycles. The molecule has 2 atom stereocenters. The average Bonchev–Trinajstić information content (AvgIpc) is 3.80. The summed E-state index contributed by atoms with van der Waals surface area (Å²) in [6, 6.07) is 11.0. The first-order chi connectivity index (χ1) is 19.9. The van der Waals surface area contributed by atoms with Gasteiger partial charge in [0.15, 0.2) is 17.5 Å². The average molecular weight is 565 g/mol. The largest absolute Gasteiger partial charge is 0.493 e. The molecule has 216 valence electrons. The molecule has 0 unspecified atom stereocenters. The van der Waals surface area contributed by atoms with Crippen LogP contribution in [0.2, 0.25) is 0 Å². The monoisotopic (exact) mass is 564 g/mol. The van der Waals surface area contributed by atoms with Gasteiger partial charge in [-0.3, -0.25) is 9.59 Å². The van der Waals surface area contributed by atoms with Gasteiger partial charge in [-0.1, -0.05) is 0 Å². The molecular weight excluding hydrogens is 532 g/mol. The van der Waals surface area contributed by atoms with Crippen molar-refractivity contribution in [1.29, 1.82) is 0 Å². The van der Waals surface area contributed by atoms with Crippen molar-refractivity contribution in [2.24, 2.45) is 0 Å². The minimum atomic E-state index is -1.07. The summed E-state index contributed by atoms with van der Waals surface area (Å²) in [4.78, 5) is 30.0. The van der Waals surface area contributed by atoms with Gasteiger partial charge in [0.05, 0.1) is 33.1 Å². The molecule has 1 aliphatic heterocycles. The van der Waals surface area contributed by atoms with E-state index in [4.69, 9.17) is 23.0 Å². The van der Waals surface area contributed by atoms with E-state index in [9.17, 15) is 9.59 Å². The van der Waals surface area contributed by atoms with Gasteiger partial charge in [-0.25, -0.2) is 0 Å². The molecule has 1 saturated heterocycles. The third-order valence-electron chi connectivity index (χ3n) is 6.72. The minimum Gasteiger partial charge on any atom is -0.493 e. The second kappa shape index (κ2) is 12.7. The van der Waals surface area contributed by atoms with Crippen LogP contribution in [0.3, 0.4) is 0 Å². The highest BCUT2D eigenvalue weighted by molar-refractivity contribution is 5.88. The van der Waals surface area contributed by atoms with E-state index >= 15 is 0 Å². The highest BCUT2D eigenvalue weighted by atomic mass is 16.5. The number of aryl methyl sites for hydroxylation is 1. The normalized spacial score (nSPS) is 15.4. The molecule has 1 N–H and O–H groups in total. The lowest BCUT2D eigenvalue weighted by Crippen LogP contribution is -2.46. The van der Waals surface area contributed by atoms with Crippen LogP contribution >= 0.6 is 0 Å². The van der Waals surface area contributed by atoms with Crippen molar-refractivity contribution in [3.8, 4) is 22.9 Å². The summed E-state index contributed by atoms with van der Waals surface area (Å²) in [5.74, 6) is 1.96. The van der Waals surface area contributed by atoms with Crippen molar-refractivity contribution >= 4 is 11.8 Å². The van der Waals surface area contributed by atoms with Crippen molar-refractivity contribution < 1.29 is 32.6 Å². The third-order valence-corrected chi connectivity index (χ3v) is 6.72. The summed E-state index contributed by atoms with van der Waals surface area (Å²) >= 11 is 0. The topological polar surface area (TPSA) is 147 Å². The Kier molecular flexibility index (Phi) is 8.63. The number of benzene rings is 1. The van der Waals surface area contributed by atoms with Crippen LogP contribution in [0.1, 0.15) is 36.2 Å². The van der Waals surface area contributed by atoms with Crippen LogP contribution in [0.5, 0.6) is 11.5 Å². The van der Waals surface area contributed by atoms with E-state index in [2.05, 4.69) is 20.7 Å². The number of carbonyl (C=O) groups is 2. The zero-order valence-corrected chi connectivity index (χ0v) is 23.1. The molecule has 0 aliphatic carbocycles. The molecule has 1 aliphatic rings. The summed E-state index contributed by atoms with van der Waals surface area (Å²) in [7, 11) is 3.08. The Balaban J connectivity index is 1.40. The van der Waals surface area contributed by atoms with E-state index in [1.807, 2.05) is 0 Å². The standard InChI is InChI=1S/C28H32N6O7/c1-18-8-10-23(41-18)26(28(36)29-15-20-6-4-12-39-20)33(16-21-7-5-13-40-21)25(35)17-34-31-27(30-32-34)19-9-11-22(37-2)24(14-19)38-3/h5,7-11,13-14,20,26H,4,6,12,15-17H2,1-3H3,(H,29,36)/t20-,26-/m1/s1. The maximum absolute atomic E-state index is 13.8. The van der Waals surface area contributed by atoms with Crippen LogP contribution in [-0.2, 0) is 27.4 Å². The van der Waals surface area contributed by atoms with Gasteiger partial charge in [0.2, 0.25) is 11.7 Å². The number of methoxy groups -OCH3 is 2. The van der Waals surface area contributed by atoms with Crippen molar-refractivity contribution in [2.45, 2.75) is 45.0 Å². The van der Waals surface area contributed by atoms with Crippen LogP contribution in [0.15, 0.2) is 57.6 Å². The van der Waals surface area contributed by atoms with Gasteiger partial charge in [-0.2, -0.15) is 4.80 Å². The molecule has 0 radical (unpaired) electrons. The first-order valence-corrected chi connectivity index (χ1v) is 13.2. The zero-order chi connectivity index (χ0) is 28.8. The lowest BCUT2D eigenvalue weighted by atomic mass is 10.1. The number of ether oxygens (including phenoxy) is 3. The number of hydrogen-bond acceptors (Lipinski definition) is 10. The van der Waals surface area contributed by atoms with Crippen LogP contribution < -0.4 is 14.8 Å². The number of nitrogens with one attached hydrogen (secondary N) is 1. The SMILES string of the molecule is COc1ccc(-c2nnn(CC(=O)N(Cc3ccco3)[C@@H](C(=O)NC[C@H]3CCCO3)c3ccc(C)o3)n2)cc1OC. The van der Waals surface area contributed by atoms with Gasteiger partial charge in [0, 0.05) is 18.7 Å². The summed E-state index contributed by atoms with van der Waals surface area (Å²) in [6.07, 6.45) is 3.25. The smallest absolute Gasteiger partial charge is 0.250 e. The van der Waals surface area contributed by atoms with Crippen molar-refractivity contribution in [3.63, 3.8) is 0 Å². The predicted molar refractivity (Wildman–Crippen MR) is 144 cm³/mol. The highest BCUT2D eigenvalue weighted by Gasteiger charge is 2.35. The number of tetrazole rings is 1. The maximum atomic E-state index is 13.8. The Hall–Kier alpha value is -4.65. The Morgan fingerprint density at radius 2 is 2.02 bits per heavy atom. The molecule has 4 heterocycles. The van der Waals surface area contributed by atoms with E-state index in [1.165, 1.54) is 23.1 Å². The lowest BCUT2D eigenvalue weighted by molar-refractivity contribution is -0.143. The molecule has 0 saturated carbocycles. The van der Waals surface area contributed by atoms with Gasteiger partial charge in [0.1, 0.15) is 23.8 Å². The van der Waals surface area contributed by atoms with E-state index in [0.717, 1.165) is 12.8 Å². The minimum absolute atomic E-state index is 0.0147. The van der Waals surface area contributed by atoms with E-state index in [0.29, 0.717) is 53.3 Å². The van der Waals surface area contributed by atoms with Gasteiger partial charge in [-0.15, -0.1) is 10.2 Å². The number of nitrogens with zero attached hydrogens (tertiary/aromatic N) is 5. The molecule has 2 amide bonds. The van der Waals surface area contributed by atoms with Gasteiger partial charge < -0.3 is 33.3 Å². The number of furan rings is 2. The van der Waals surface area contributed by atoms with Crippen LogP contribution in [0.25, 0.3) is 11.4 Å². The molecule has 5 rings (SSSR count).